The number of hydrogen-bond donors (Lipinski definition) is 2. The SMILES string of the molecule is CN=C(NCCc1cccc(OC)c1)Nc1ccc(OC)c(OC)c1.I. The molecule has 2 aromatic rings. The number of nitrogens with one attached hydrogen (secondary N) is 2. The lowest BCUT2D eigenvalue weighted by molar-refractivity contribution is 0.355. The van der Waals surface area contributed by atoms with Gasteiger partial charge >= 0.3 is 0 Å². The van der Waals surface area contributed by atoms with Crippen LogP contribution in [0.25, 0.3) is 0 Å². The van der Waals surface area contributed by atoms with Gasteiger partial charge in [0.05, 0.1) is 21.3 Å². The van der Waals surface area contributed by atoms with Gasteiger partial charge in [0, 0.05) is 25.3 Å². The first-order valence-corrected chi connectivity index (χ1v) is 8.02. The molecular formula is C19H26IN3O3. The van der Waals surface area contributed by atoms with Crippen molar-refractivity contribution >= 4 is 35.6 Å². The molecule has 0 amide bonds. The number of guanidine groups is 1. The van der Waals surface area contributed by atoms with E-state index in [2.05, 4.69) is 21.7 Å². The topological polar surface area (TPSA) is 64.1 Å². The van der Waals surface area contributed by atoms with Crippen molar-refractivity contribution in [2.75, 3.05) is 40.2 Å². The van der Waals surface area contributed by atoms with Crippen LogP contribution in [0.15, 0.2) is 47.5 Å². The van der Waals surface area contributed by atoms with Gasteiger partial charge in [-0.2, -0.15) is 0 Å². The highest BCUT2D eigenvalue weighted by molar-refractivity contribution is 14.0. The van der Waals surface area contributed by atoms with E-state index in [4.69, 9.17) is 14.2 Å². The van der Waals surface area contributed by atoms with Crippen molar-refractivity contribution in [2.24, 2.45) is 4.99 Å². The van der Waals surface area contributed by atoms with E-state index in [9.17, 15) is 0 Å². The highest BCUT2D eigenvalue weighted by Crippen LogP contribution is 2.29. The van der Waals surface area contributed by atoms with E-state index in [0.29, 0.717) is 17.5 Å². The van der Waals surface area contributed by atoms with Crippen molar-refractivity contribution in [1.82, 2.24) is 5.32 Å². The Bertz CT molecular complexity index is 723. The van der Waals surface area contributed by atoms with Gasteiger partial charge in [0.2, 0.25) is 0 Å². The molecule has 0 aliphatic carbocycles. The normalized spacial score (nSPS) is 10.5. The van der Waals surface area contributed by atoms with Crippen molar-refractivity contribution in [3.63, 3.8) is 0 Å². The summed E-state index contributed by atoms with van der Waals surface area (Å²) in [7, 11) is 6.64. The molecule has 0 radical (unpaired) electrons. The number of rotatable bonds is 7. The molecule has 2 aromatic carbocycles. The molecule has 0 atom stereocenters. The summed E-state index contributed by atoms with van der Waals surface area (Å²) in [4.78, 5) is 4.24. The van der Waals surface area contributed by atoms with Crippen LogP contribution in [-0.4, -0.2) is 40.9 Å². The quantitative estimate of drug-likeness (QED) is 0.368. The Morgan fingerprint density at radius 1 is 0.962 bits per heavy atom. The lowest BCUT2D eigenvalue weighted by atomic mass is 10.1. The van der Waals surface area contributed by atoms with E-state index in [0.717, 1.165) is 24.4 Å². The largest absolute Gasteiger partial charge is 0.497 e. The van der Waals surface area contributed by atoms with Crippen LogP contribution in [0.1, 0.15) is 5.56 Å². The fourth-order valence-corrected chi connectivity index (χ4v) is 2.38. The van der Waals surface area contributed by atoms with E-state index in [1.54, 1.807) is 28.4 Å². The van der Waals surface area contributed by atoms with Crippen LogP contribution in [-0.2, 0) is 6.42 Å². The summed E-state index contributed by atoms with van der Waals surface area (Å²) in [5.41, 5.74) is 2.07. The molecule has 6 nitrogen and oxygen atoms in total. The van der Waals surface area contributed by atoms with Crippen LogP contribution in [0.5, 0.6) is 17.2 Å². The molecule has 142 valence electrons. The zero-order valence-corrected chi connectivity index (χ0v) is 17.9. The van der Waals surface area contributed by atoms with Crippen molar-refractivity contribution < 1.29 is 14.2 Å². The highest BCUT2D eigenvalue weighted by Gasteiger charge is 2.06. The number of halogens is 1. The minimum atomic E-state index is 0. The van der Waals surface area contributed by atoms with Gasteiger partial charge in [-0.25, -0.2) is 0 Å². The predicted molar refractivity (Wildman–Crippen MR) is 117 cm³/mol. The molecule has 7 heteroatoms. The smallest absolute Gasteiger partial charge is 0.195 e. The van der Waals surface area contributed by atoms with Crippen LogP contribution in [0.3, 0.4) is 0 Å². The summed E-state index contributed by atoms with van der Waals surface area (Å²) in [6.07, 6.45) is 0.865. The van der Waals surface area contributed by atoms with Crippen molar-refractivity contribution in [3.8, 4) is 17.2 Å². The Labute approximate surface area is 172 Å². The van der Waals surface area contributed by atoms with Gasteiger partial charge in [0.1, 0.15) is 5.75 Å². The number of ether oxygens (including phenoxy) is 3. The Balaban J connectivity index is 0.00000338. The fourth-order valence-electron chi connectivity index (χ4n) is 2.38. The maximum absolute atomic E-state index is 5.32. The Morgan fingerprint density at radius 2 is 1.73 bits per heavy atom. The molecule has 0 saturated carbocycles. The van der Waals surface area contributed by atoms with Crippen molar-refractivity contribution in [2.45, 2.75) is 6.42 Å². The summed E-state index contributed by atoms with van der Waals surface area (Å²) in [6.45, 7) is 0.750. The van der Waals surface area contributed by atoms with E-state index < -0.39 is 0 Å². The molecule has 0 spiro atoms. The lowest BCUT2D eigenvalue weighted by Gasteiger charge is -2.14. The third-order valence-corrected chi connectivity index (χ3v) is 3.71. The maximum atomic E-state index is 5.32. The van der Waals surface area contributed by atoms with Gasteiger partial charge < -0.3 is 24.8 Å². The second-order valence-corrected chi connectivity index (χ2v) is 5.30. The standard InChI is InChI=1S/C19H25N3O3.HI/c1-20-19(21-11-10-14-6-5-7-16(12-14)23-2)22-15-8-9-17(24-3)18(13-15)25-4;/h5-9,12-13H,10-11H2,1-4H3,(H2,20,21,22);1H. The van der Waals surface area contributed by atoms with Gasteiger partial charge in [-0.3, -0.25) is 4.99 Å². The monoisotopic (exact) mass is 471 g/mol. The van der Waals surface area contributed by atoms with E-state index in [1.807, 2.05) is 36.4 Å². The third-order valence-electron chi connectivity index (χ3n) is 3.71. The lowest BCUT2D eigenvalue weighted by Crippen LogP contribution is -2.32. The molecule has 26 heavy (non-hydrogen) atoms. The molecular weight excluding hydrogens is 445 g/mol. The highest BCUT2D eigenvalue weighted by atomic mass is 127. The molecule has 0 aliphatic heterocycles. The van der Waals surface area contributed by atoms with E-state index in [1.165, 1.54) is 5.56 Å². The molecule has 0 bridgehead atoms. The molecule has 0 aromatic heterocycles. The average molecular weight is 471 g/mol. The summed E-state index contributed by atoms with van der Waals surface area (Å²) < 4.78 is 15.8. The minimum absolute atomic E-state index is 0. The van der Waals surface area contributed by atoms with Crippen LogP contribution in [0, 0.1) is 0 Å². The first-order chi connectivity index (χ1) is 12.2. The number of methoxy groups -OCH3 is 3. The van der Waals surface area contributed by atoms with Crippen molar-refractivity contribution in [1.29, 1.82) is 0 Å². The summed E-state index contributed by atoms with van der Waals surface area (Å²) >= 11 is 0. The first-order valence-electron chi connectivity index (χ1n) is 8.02. The van der Waals surface area contributed by atoms with E-state index >= 15 is 0 Å². The summed E-state index contributed by atoms with van der Waals surface area (Å²) in [5, 5.41) is 6.54. The van der Waals surface area contributed by atoms with E-state index in [-0.39, 0.29) is 24.0 Å². The number of aliphatic imine (C=N–C) groups is 1. The fraction of sp³-hybridized carbons (Fsp3) is 0.316. The molecule has 0 unspecified atom stereocenters. The number of benzene rings is 2. The van der Waals surface area contributed by atoms with Gasteiger partial charge in [-0.05, 0) is 36.2 Å². The predicted octanol–water partition coefficient (Wildman–Crippen LogP) is 3.56. The third kappa shape index (κ3) is 6.29. The summed E-state index contributed by atoms with van der Waals surface area (Å²) in [6, 6.07) is 13.7. The van der Waals surface area contributed by atoms with Gasteiger partial charge in [0.25, 0.3) is 0 Å². The number of nitrogens with zero attached hydrogens (tertiary/aromatic N) is 1. The molecule has 0 fully saturated rings. The van der Waals surface area contributed by atoms with Gasteiger partial charge in [-0.15, -0.1) is 24.0 Å². The number of hydrogen-bond acceptors (Lipinski definition) is 4. The molecule has 0 heterocycles. The second kappa shape index (κ2) is 11.5. The maximum Gasteiger partial charge on any atom is 0.195 e. The minimum Gasteiger partial charge on any atom is -0.497 e. The molecule has 0 aliphatic rings. The number of anilines is 1. The Kier molecular flexibility index (Phi) is 9.64. The van der Waals surface area contributed by atoms with Crippen LogP contribution in [0.2, 0.25) is 0 Å². The molecule has 0 saturated heterocycles. The average Bonchev–Trinajstić information content (AvgIpc) is 2.67. The van der Waals surface area contributed by atoms with Crippen LogP contribution in [0.4, 0.5) is 5.69 Å². The molecule has 2 rings (SSSR count). The molecule has 2 N–H and O–H groups in total. The Hall–Kier alpha value is -2.16. The Morgan fingerprint density at radius 3 is 2.38 bits per heavy atom. The zero-order chi connectivity index (χ0) is 18.1. The zero-order valence-electron chi connectivity index (χ0n) is 15.5. The van der Waals surface area contributed by atoms with Crippen LogP contribution < -0.4 is 24.8 Å². The van der Waals surface area contributed by atoms with Crippen LogP contribution >= 0.6 is 24.0 Å². The first kappa shape index (κ1) is 21.9. The van der Waals surface area contributed by atoms with Gasteiger partial charge in [-0.1, -0.05) is 12.1 Å². The second-order valence-electron chi connectivity index (χ2n) is 5.30. The van der Waals surface area contributed by atoms with Gasteiger partial charge in [0.15, 0.2) is 17.5 Å². The summed E-state index contributed by atoms with van der Waals surface area (Å²) in [5.74, 6) is 2.91. The van der Waals surface area contributed by atoms with Crippen molar-refractivity contribution in [3.05, 3.63) is 48.0 Å².